The van der Waals surface area contributed by atoms with Gasteiger partial charge in [0.15, 0.2) is 0 Å². The van der Waals surface area contributed by atoms with Crippen molar-refractivity contribution in [1.29, 1.82) is 0 Å². The minimum atomic E-state index is -0.311. The normalized spacial score (nSPS) is 11.0. The number of nitrogens with zero attached hydrogens (tertiary/aromatic N) is 1. The molecule has 0 aliphatic carbocycles. The largest absolute Gasteiger partial charge is 0.507 e. The van der Waals surface area contributed by atoms with E-state index in [0.29, 0.717) is 11.1 Å². The number of aromatic hydroxyl groups is 1. The summed E-state index contributed by atoms with van der Waals surface area (Å²) in [6, 6.07) is 18.1. The van der Waals surface area contributed by atoms with E-state index >= 15 is 0 Å². The lowest BCUT2D eigenvalue weighted by Gasteiger charge is -2.04. The first-order valence-electron chi connectivity index (χ1n) is 6.95. The summed E-state index contributed by atoms with van der Waals surface area (Å²) in [5.74, 6) is -0.168. The number of amides is 1. The van der Waals surface area contributed by atoms with Crippen LogP contribution >= 0.6 is 15.9 Å². The van der Waals surface area contributed by atoms with Crippen molar-refractivity contribution in [3.8, 4) is 5.75 Å². The summed E-state index contributed by atoms with van der Waals surface area (Å²) in [7, 11) is 0. The highest BCUT2D eigenvalue weighted by atomic mass is 79.9. The third-order valence-electron chi connectivity index (χ3n) is 3.41. The Bertz CT molecular complexity index is 889. The molecule has 0 atom stereocenters. The van der Waals surface area contributed by atoms with E-state index in [1.165, 1.54) is 6.21 Å². The van der Waals surface area contributed by atoms with Crippen LogP contribution in [0.5, 0.6) is 5.75 Å². The Labute approximate surface area is 141 Å². The van der Waals surface area contributed by atoms with Gasteiger partial charge < -0.3 is 5.11 Å². The zero-order valence-electron chi connectivity index (χ0n) is 12.0. The van der Waals surface area contributed by atoms with Gasteiger partial charge in [-0.3, -0.25) is 4.79 Å². The van der Waals surface area contributed by atoms with Gasteiger partial charge in [-0.05, 0) is 35.7 Å². The molecule has 0 saturated heterocycles. The van der Waals surface area contributed by atoms with Gasteiger partial charge in [-0.1, -0.05) is 46.3 Å². The quantitative estimate of drug-likeness (QED) is 0.540. The zero-order valence-corrected chi connectivity index (χ0v) is 13.6. The molecule has 0 bridgehead atoms. The molecule has 0 spiro atoms. The van der Waals surface area contributed by atoms with Crippen molar-refractivity contribution in [1.82, 2.24) is 5.43 Å². The molecule has 0 radical (unpaired) electrons. The third kappa shape index (κ3) is 3.40. The molecule has 4 nitrogen and oxygen atoms in total. The molecule has 1 amide bonds. The van der Waals surface area contributed by atoms with Crippen molar-refractivity contribution in [2.24, 2.45) is 5.10 Å². The van der Waals surface area contributed by atoms with Gasteiger partial charge in [-0.2, -0.15) is 5.10 Å². The van der Waals surface area contributed by atoms with Gasteiger partial charge in [0.1, 0.15) is 5.75 Å². The second-order valence-electron chi connectivity index (χ2n) is 4.93. The topological polar surface area (TPSA) is 61.7 Å². The van der Waals surface area contributed by atoms with Crippen LogP contribution < -0.4 is 5.43 Å². The number of hydrogen-bond donors (Lipinski definition) is 2. The Hall–Kier alpha value is -2.66. The maximum absolute atomic E-state index is 11.9. The van der Waals surface area contributed by atoms with Crippen molar-refractivity contribution in [3.05, 3.63) is 76.3 Å². The predicted octanol–water partition coefficient (Wildman–Crippen LogP) is 4.07. The van der Waals surface area contributed by atoms with E-state index in [0.717, 1.165) is 15.2 Å². The van der Waals surface area contributed by atoms with Gasteiger partial charge >= 0.3 is 0 Å². The third-order valence-corrected chi connectivity index (χ3v) is 3.94. The standard InChI is InChI=1S/C18H13BrN2O2/c19-15-9-7-13(8-10-15)18(23)21-20-11-14-6-5-12-3-1-2-4-16(12)17(14)22/h1-11,22H,(H,21,23)/b20-11-. The molecule has 114 valence electrons. The maximum atomic E-state index is 11.9. The van der Waals surface area contributed by atoms with E-state index in [-0.39, 0.29) is 11.7 Å². The van der Waals surface area contributed by atoms with E-state index in [1.807, 2.05) is 30.3 Å². The molecule has 0 aliphatic rings. The highest BCUT2D eigenvalue weighted by molar-refractivity contribution is 9.10. The van der Waals surface area contributed by atoms with Crippen LogP contribution in [0.4, 0.5) is 0 Å². The van der Waals surface area contributed by atoms with Gasteiger partial charge in [-0.25, -0.2) is 5.43 Å². The van der Waals surface area contributed by atoms with Gasteiger partial charge in [0.25, 0.3) is 5.91 Å². The molecule has 0 heterocycles. The summed E-state index contributed by atoms with van der Waals surface area (Å²) in [4.78, 5) is 11.9. The second-order valence-corrected chi connectivity index (χ2v) is 5.85. The fourth-order valence-electron chi connectivity index (χ4n) is 2.20. The molecule has 23 heavy (non-hydrogen) atoms. The molecule has 0 aromatic heterocycles. The molecule has 0 unspecified atom stereocenters. The first-order valence-corrected chi connectivity index (χ1v) is 7.74. The number of phenolic OH excluding ortho intramolecular Hbond substituents is 1. The molecule has 0 fully saturated rings. The Morgan fingerprint density at radius 3 is 2.57 bits per heavy atom. The summed E-state index contributed by atoms with van der Waals surface area (Å²) >= 11 is 3.32. The van der Waals surface area contributed by atoms with Gasteiger partial charge in [0.05, 0.1) is 6.21 Å². The summed E-state index contributed by atoms with van der Waals surface area (Å²) < 4.78 is 0.902. The Morgan fingerprint density at radius 1 is 1.04 bits per heavy atom. The first-order chi connectivity index (χ1) is 11.1. The van der Waals surface area contributed by atoms with Crippen LogP contribution in [0.3, 0.4) is 0 Å². The number of fused-ring (bicyclic) bond motifs is 1. The number of rotatable bonds is 3. The van der Waals surface area contributed by atoms with Crippen LogP contribution in [0.25, 0.3) is 10.8 Å². The number of carbonyl (C=O) groups is 1. The van der Waals surface area contributed by atoms with E-state index in [2.05, 4.69) is 26.5 Å². The van der Waals surface area contributed by atoms with Crippen LogP contribution in [0.1, 0.15) is 15.9 Å². The maximum Gasteiger partial charge on any atom is 0.271 e. The van der Waals surface area contributed by atoms with Crippen molar-refractivity contribution in [2.75, 3.05) is 0 Å². The van der Waals surface area contributed by atoms with Gasteiger partial charge in [-0.15, -0.1) is 0 Å². The summed E-state index contributed by atoms with van der Waals surface area (Å²) in [6.45, 7) is 0. The van der Waals surface area contributed by atoms with Crippen molar-refractivity contribution >= 4 is 38.8 Å². The number of halogens is 1. The molecule has 3 rings (SSSR count). The first kappa shape index (κ1) is 15.2. The summed E-state index contributed by atoms with van der Waals surface area (Å²) in [5.41, 5.74) is 3.50. The van der Waals surface area contributed by atoms with Crippen LogP contribution in [-0.4, -0.2) is 17.2 Å². The monoisotopic (exact) mass is 368 g/mol. The minimum Gasteiger partial charge on any atom is -0.507 e. The second kappa shape index (κ2) is 6.62. The summed E-state index contributed by atoms with van der Waals surface area (Å²) in [5, 5.41) is 15.9. The number of nitrogens with one attached hydrogen (secondary N) is 1. The highest BCUT2D eigenvalue weighted by Gasteiger charge is 2.05. The average molecular weight is 369 g/mol. The Kier molecular flexibility index (Phi) is 4.39. The van der Waals surface area contributed by atoms with Gasteiger partial charge in [0.2, 0.25) is 0 Å². The van der Waals surface area contributed by atoms with E-state index in [4.69, 9.17) is 0 Å². The fraction of sp³-hybridized carbons (Fsp3) is 0. The predicted molar refractivity (Wildman–Crippen MR) is 94.8 cm³/mol. The molecular formula is C18H13BrN2O2. The highest BCUT2D eigenvalue weighted by Crippen LogP contribution is 2.27. The smallest absolute Gasteiger partial charge is 0.271 e. The van der Waals surface area contributed by atoms with Crippen LogP contribution in [-0.2, 0) is 0 Å². The van der Waals surface area contributed by atoms with E-state index in [9.17, 15) is 9.90 Å². The van der Waals surface area contributed by atoms with E-state index in [1.54, 1.807) is 30.3 Å². The average Bonchev–Trinajstić information content (AvgIpc) is 2.57. The minimum absolute atomic E-state index is 0.143. The summed E-state index contributed by atoms with van der Waals surface area (Å²) in [6.07, 6.45) is 1.43. The number of phenols is 1. The van der Waals surface area contributed by atoms with E-state index < -0.39 is 0 Å². The SMILES string of the molecule is O=C(N/N=C\c1ccc2ccccc2c1O)c1ccc(Br)cc1. The molecule has 0 aliphatic heterocycles. The van der Waals surface area contributed by atoms with Crippen LogP contribution in [0.15, 0.2) is 70.2 Å². The van der Waals surface area contributed by atoms with Crippen LogP contribution in [0, 0.1) is 0 Å². The van der Waals surface area contributed by atoms with Crippen LogP contribution in [0.2, 0.25) is 0 Å². The molecule has 5 heteroatoms. The molecular weight excluding hydrogens is 356 g/mol. The molecule has 2 N–H and O–H groups in total. The molecule has 3 aromatic rings. The number of hydrogen-bond acceptors (Lipinski definition) is 3. The fourth-order valence-corrected chi connectivity index (χ4v) is 2.47. The van der Waals surface area contributed by atoms with Crippen molar-refractivity contribution < 1.29 is 9.90 Å². The Balaban J connectivity index is 1.76. The Morgan fingerprint density at radius 2 is 1.78 bits per heavy atom. The lowest BCUT2D eigenvalue weighted by Crippen LogP contribution is -2.17. The van der Waals surface area contributed by atoms with Gasteiger partial charge in [0, 0.05) is 21.0 Å². The number of hydrazone groups is 1. The lowest BCUT2D eigenvalue weighted by molar-refractivity contribution is 0.0955. The zero-order chi connectivity index (χ0) is 16.2. The lowest BCUT2D eigenvalue weighted by atomic mass is 10.1. The molecule has 0 saturated carbocycles. The number of benzene rings is 3. The van der Waals surface area contributed by atoms with Crippen molar-refractivity contribution in [3.63, 3.8) is 0 Å². The molecule has 3 aromatic carbocycles. The number of carbonyl (C=O) groups excluding carboxylic acids is 1. The van der Waals surface area contributed by atoms with Crippen molar-refractivity contribution in [2.45, 2.75) is 0 Å².